The van der Waals surface area contributed by atoms with Gasteiger partial charge in [-0.1, -0.05) is 25.3 Å². The molecule has 0 radical (unpaired) electrons. The van der Waals surface area contributed by atoms with E-state index in [4.69, 9.17) is 5.11 Å². The molecule has 0 atom stereocenters. The van der Waals surface area contributed by atoms with Crippen molar-refractivity contribution in [1.29, 1.82) is 0 Å². The molecule has 5 nitrogen and oxygen atoms in total. The van der Waals surface area contributed by atoms with E-state index in [1.807, 2.05) is 20.8 Å². The van der Waals surface area contributed by atoms with Crippen molar-refractivity contribution in [3.63, 3.8) is 0 Å². The van der Waals surface area contributed by atoms with Gasteiger partial charge in [0, 0.05) is 18.6 Å². The van der Waals surface area contributed by atoms with Crippen molar-refractivity contribution in [2.45, 2.75) is 45.4 Å². The summed E-state index contributed by atoms with van der Waals surface area (Å²) < 4.78 is 3.90. The van der Waals surface area contributed by atoms with Gasteiger partial charge in [0.1, 0.15) is 4.88 Å². The number of amides is 1. The van der Waals surface area contributed by atoms with E-state index in [-0.39, 0.29) is 23.3 Å². The first-order chi connectivity index (χ1) is 8.88. The number of aliphatic hydroxyl groups is 1. The molecular weight excluding hydrogens is 262 g/mol. The smallest absolute Gasteiger partial charge is 0.264 e. The van der Waals surface area contributed by atoms with Gasteiger partial charge in [0.15, 0.2) is 0 Å². The van der Waals surface area contributed by atoms with E-state index in [1.54, 1.807) is 0 Å². The maximum absolute atomic E-state index is 12.2. The molecule has 0 spiro atoms. The number of nitrogens with one attached hydrogen (secondary N) is 1. The molecule has 1 aliphatic carbocycles. The minimum atomic E-state index is -0.179. The molecule has 2 rings (SSSR count). The van der Waals surface area contributed by atoms with Gasteiger partial charge in [-0.2, -0.15) is 0 Å². The van der Waals surface area contributed by atoms with Crippen LogP contribution in [0.4, 0.5) is 0 Å². The maximum Gasteiger partial charge on any atom is 0.264 e. The van der Waals surface area contributed by atoms with Crippen LogP contribution in [0.3, 0.4) is 0 Å². The van der Waals surface area contributed by atoms with Gasteiger partial charge in [-0.25, -0.2) is 0 Å². The average molecular weight is 283 g/mol. The number of rotatable bonds is 5. The first-order valence-corrected chi connectivity index (χ1v) is 7.37. The third-order valence-electron chi connectivity index (χ3n) is 3.63. The number of nitrogens with zero attached hydrogens (tertiary/aromatic N) is 2. The largest absolute Gasteiger partial charge is 0.396 e. The Morgan fingerprint density at radius 3 is 2.68 bits per heavy atom. The third kappa shape index (κ3) is 3.30. The van der Waals surface area contributed by atoms with Crippen LogP contribution in [-0.2, 0) is 5.41 Å². The molecule has 6 heteroatoms. The molecule has 1 heterocycles. The number of aromatic nitrogens is 2. The summed E-state index contributed by atoms with van der Waals surface area (Å²) in [5.74, 6) is -0.0934. The molecule has 0 bridgehead atoms. The predicted molar refractivity (Wildman–Crippen MR) is 74.3 cm³/mol. The quantitative estimate of drug-likeness (QED) is 0.863. The number of aliphatic hydroxyl groups excluding tert-OH is 1. The zero-order chi connectivity index (χ0) is 14.1. The molecule has 1 amide bonds. The maximum atomic E-state index is 12.2. The van der Waals surface area contributed by atoms with E-state index in [0.717, 1.165) is 36.5 Å². The van der Waals surface area contributed by atoms with E-state index in [2.05, 4.69) is 14.9 Å². The summed E-state index contributed by atoms with van der Waals surface area (Å²) in [4.78, 5) is 12.8. The summed E-state index contributed by atoms with van der Waals surface area (Å²) in [6.07, 6.45) is 2.93. The van der Waals surface area contributed by atoms with Gasteiger partial charge in [0.2, 0.25) is 0 Å². The first kappa shape index (κ1) is 14.4. The molecule has 1 aromatic rings. The van der Waals surface area contributed by atoms with Crippen LogP contribution >= 0.6 is 11.5 Å². The van der Waals surface area contributed by atoms with Crippen molar-refractivity contribution in [1.82, 2.24) is 14.9 Å². The van der Waals surface area contributed by atoms with Crippen LogP contribution < -0.4 is 5.32 Å². The Bertz CT molecular complexity index is 461. The molecule has 1 saturated carbocycles. The van der Waals surface area contributed by atoms with Crippen LogP contribution in [0.25, 0.3) is 0 Å². The molecule has 1 aromatic heterocycles. The second-order valence-electron chi connectivity index (χ2n) is 6.36. The lowest BCUT2D eigenvalue weighted by molar-refractivity contribution is 0.0942. The molecule has 19 heavy (non-hydrogen) atoms. The van der Waals surface area contributed by atoms with Crippen LogP contribution in [-0.4, -0.2) is 33.8 Å². The van der Waals surface area contributed by atoms with Crippen LogP contribution in [0.5, 0.6) is 0 Å². The Kier molecular flexibility index (Phi) is 3.92. The highest BCUT2D eigenvalue weighted by Gasteiger charge is 2.42. The number of carbonyl (C=O) groups excluding carboxylic acids is 1. The minimum Gasteiger partial charge on any atom is -0.396 e. The van der Waals surface area contributed by atoms with E-state index >= 15 is 0 Å². The number of hydrogen-bond donors (Lipinski definition) is 2. The normalized spacial score (nSPS) is 17.3. The summed E-state index contributed by atoms with van der Waals surface area (Å²) in [5, 5.41) is 16.0. The molecular formula is C13H21N3O2S. The zero-order valence-corrected chi connectivity index (χ0v) is 12.5. The van der Waals surface area contributed by atoms with Crippen molar-refractivity contribution in [3.8, 4) is 0 Å². The lowest BCUT2D eigenvalue weighted by Crippen LogP contribution is -2.31. The average Bonchev–Trinajstić information content (AvgIpc) is 2.91. The van der Waals surface area contributed by atoms with E-state index in [0.29, 0.717) is 11.4 Å². The Hall–Kier alpha value is -1.01. The van der Waals surface area contributed by atoms with Gasteiger partial charge in [-0.3, -0.25) is 4.79 Å². The summed E-state index contributed by atoms with van der Waals surface area (Å²) in [7, 11) is 0. The van der Waals surface area contributed by atoms with Gasteiger partial charge >= 0.3 is 0 Å². The van der Waals surface area contributed by atoms with E-state index in [9.17, 15) is 4.79 Å². The second kappa shape index (κ2) is 5.17. The van der Waals surface area contributed by atoms with Crippen molar-refractivity contribution >= 4 is 17.4 Å². The third-order valence-corrected chi connectivity index (χ3v) is 4.35. The highest BCUT2D eigenvalue weighted by Crippen LogP contribution is 2.47. The van der Waals surface area contributed by atoms with Crippen molar-refractivity contribution in [2.75, 3.05) is 13.2 Å². The fourth-order valence-electron chi connectivity index (χ4n) is 2.11. The highest BCUT2D eigenvalue weighted by atomic mass is 32.1. The second-order valence-corrected chi connectivity index (χ2v) is 7.11. The fraction of sp³-hybridized carbons (Fsp3) is 0.769. The van der Waals surface area contributed by atoms with Gasteiger partial charge in [-0.15, -0.1) is 5.10 Å². The molecule has 106 valence electrons. The minimum absolute atomic E-state index is 0.0934. The number of hydrogen-bond acceptors (Lipinski definition) is 5. The topological polar surface area (TPSA) is 75.1 Å². The molecule has 0 aliphatic heterocycles. The molecule has 1 fully saturated rings. The monoisotopic (exact) mass is 283 g/mol. The van der Waals surface area contributed by atoms with Gasteiger partial charge in [0.05, 0.1) is 5.69 Å². The molecule has 2 N–H and O–H groups in total. The lowest BCUT2D eigenvalue weighted by Gasteiger charge is -2.17. The molecule has 1 aliphatic rings. The molecule has 0 aromatic carbocycles. The summed E-state index contributed by atoms with van der Waals surface area (Å²) in [5.41, 5.74) is 0.703. The lowest BCUT2D eigenvalue weighted by atomic mass is 9.91. The van der Waals surface area contributed by atoms with Gasteiger partial charge in [0.25, 0.3) is 5.91 Å². The fourth-order valence-corrected chi connectivity index (χ4v) is 2.90. The highest BCUT2D eigenvalue weighted by molar-refractivity contribution is 7.08. The van der Waals surface area contributed by atoms with Gasteiger partial charge in [-0.05, 0) is 36.2 Å². The Morgan fingerprint density at radius 1 is 1.47 bits per heavy atom. The Morgan fingerprint density at radius 2 is 2.16 bits per heavy atom. The van der Waals surface area contributed by atoms with E-state index < -0.39 is 0 Å². The van der Waals surface area contributed by atoms with Crippen LogP contribution in [0.15, 0.2) is 0 Å². The first-order valence-electron chi connectivity index (χ1n) is 6.60. The van der Waals surface area contributed by atoms with Crippen molar-refractivity contribution in [2.24, 2.45) is 5.41 Å². The standard InChI is InChI=1S/C13H21N3O2S/c1-12(2,3)10-9(19-16-15-10)11(18)14-8-13(4-5-13)6-7-17/h17H,4-8H2,1-3H3,(H,14,18). The van der Waals surface area contributed by atoms with Gasteiger partial charge < -0.3 is 10.4 Å². The summed E-state index contributed by atoms with van der Waals surface area (Å²) in [6, 6.07) is 0. The van der Waals surface area contributed by atoms with Crippen molar-refractivity contribution in [3.05, 3.63) is 10.6 Å². The van der Waals surface area contributed by atoms with E-state index in [1.165, 1.54) is 0 Å². The summed E-state index contributed by atoms with van der Waals surface area (Å²) in [6.45, 7) is 6.89. The number of carbonyl (C=O) groups is 1. The predicted octanol–water partition coefficient (Wildman–Crippen LogP) is 1.73. The zero-order valence-electron chi connectivity index (χ0n) is 11.7. The Balaban J connectivity index is 1.99. The van der Waals surface area contributed by atoms with Crippen LogP contribution in [0.2, 0.25) is 0 Å². The molecule has 0 saturated heterocycles. The SMILES string of the molecule is CC(C)(C)c1nnsc1C(=O)NCC1(CCO)CC1. The Labute approximate surface area is 117 Å². The summed E-state index contributed by atoms with van der Waals surface area (Å²) >= 11 is 1.15. The van der Waals surface area contributed by atoms with Crippen LogP contribution in [0.1, 0.15) is 55.4 Å². The van der Waals surface area contributed by atoms with Crippen LogP contribution in [0, 0.1) is 5.41 Å². The molecule has 0 unspecified atom stereocenters. The van der Waals surface area contributed by atoms with Crippen molar-refractivity contribution < 1.29 is 9.90 Å².